The van der Waals surface area contributed by atoms with Crippen molar-refractivity contribution >= 4 is 21.8 Å². The monoisotopic (exact) mass is 797 g/mol. The van der Waals surface area contributed by atoms with E-state index >= 15 is 0 Å². The van der Waals surface area contributed by atoms with E-state index in [-0.39, 0.29) is 0 Å². The maximum absolute atomic E-state index is 6.42. The molecule has 3 heterocycles. The summed E-state index contributed by atoms with van der Waals surface area (Å²) in [4.78, 5) is 29.6. The fourth-order valence-electron chi connectivity index (χ4n) is 7.76. The van der Waals surface area contributed by atoms with Crippen molar-refractivity contribution in [2.75, 3.05) is 0 Å². The Balaban J connectivity index is 0.900. The number of ether oxygens (including phenoxy) is 1. The molecule has 0 atom stereocenters. The lowest BCUT2D eigenvalue weighted by Crippen LogP contribution is -2.00. The Morgan fingerprint density at radius 1 is 0.274 bits per heavy atom. The van der Waals surface area contributed by atoms with E-state index in [9.17, 15) is 0 Å². The van der Waals surface area contributed by atoms with Gasteiger partial charge in [0.15, 0.2) is 34.9 Å². The molecule has 0 saturated carbocycles. The summed E-state index contributed by atoms with van der Waals surface area (Å²) < 4.78 is 8.72. The SMILES string of the molecule is c1ccc(-c2nc(-c3ccc(Oc4cccc(-c5nc(-c6ccccc6)nc(-c6ccccc6)n5)c4)cc3)nc(-c3ccc(-n4c5ccccc5c5ccccc54)cc3)n2)cc1. The minimum Gasteiger partial charge on any atom is -0.457 e. The molecule has 0 unspecified atom stereocenters. The second-order valence-corrected chi connectivity index (χ2v) is 14.8. The number of nitrogens with zero attached hydrogens (tertiary/aromatic N) is 7. The van der Waals surface area contributed by atoms with Gasteiger partial charge in [0.05, 0.1) is 11.0 Å². The highest BCUT2D eigenvalue weighted by atomic mass is 16.5. The Bertz CT molecular complexity index is 3240. The van der Waals surface area contributed by atoms with Crippen LogP contribution in [0.3, 0.4) is 0 Å². The van der Waals surface area contributed by atoms with Crippen molar-refractivity contribution in [3.63, 3.8) is 0 Å². The van der Waals surface area contributed by atoms with Crippen molar-refractivity contribution in [2.45, 2.75) is 0 Å². The minimum absolute atomic E-state index is 0.555. The zero-order valence-electron chi connectivity index (χ0n) is 33.2. The van der Waals surface area contributed by atoms with Crippen LogP contribution in [-0.2, 0) is 0 Å². The minimum atomic E-state index is 0.555. The summed E-state index contributed by atoms with van der Waals surface area (Å²) in [6.07, 6.45) is 0. The first-order chi connectivity index (χ1) is 30.7. The highest BCUT2D eigenvalue weighted by molar-refractivity contribution is 6.09. The molecule has 0 N–H and O–H groups in total. The highest BCUT2D eigenvalue weighted by Crippen LogP contribution is 2.34. The van der Waals surface area contributed by atoms with Gasteiger partial charge in [-0.25, -0.2) is 29.9 Å². The van der Waals surface area contributed by atoms with E-state index in [1.165, 1.54) is 10.8 Å². The van der Waals surface area contributed by atoms with Crippen molar-refractivity contribution < 1.29 is 4.74 Å². The van der Waals surface area contributed by atoms with Gasteiger partial charge in [0.1, 0.15) is 11.5 Å². The molecule has 0 aliphatic heterocycles. The molecular formula is C54H35N7O. The van der Waals surface area contributed by atoms with Crippen LogP contribution >= 0.6 is 0 Å². The van der Waals surface area contributed by atoms with Crippen LogP contribution in [0.25, 0.3) is 95.8 Å². The molecule has 0 aliphatic rings. The number of hydrogen-bond acceptors (Lipinski definition) is 7. The molecule has 62 heavy (non-hydrogen) atoms. The molecule has 0 amide bonds. The van der Waals surface area contributed by atoms with Crippen LogP contribution in [0.4, 0.5) is 0 Å². The Labute approximate surface area is 357 Å². The van der Waals surface area contributed by atoms with Crippen LogP contribution in [-0.4, -0.2) is 34.5 Å². The molecule has 0 fully saturated rings. The molecule has 0 saturated heterocycles. The predicted octanol–water partition coefficient (Wildman–Crippen LogP) is 12.9. The maximum atomic E-state index is 6.42. The molecule has 0 radical (unpaired) electrons. The van der Waals surface area contributed by atoms with E-state index in [1.54, 1.807) is 0 Å². The predicted molar refractivity (Wildman–Crippen MR) is 247 cm³/mol. The average Bonchev–Trinajstić information content (AvgIpc) is 3.69. The van der Waals surface area contributed by atoms with Gasteiger partial charge in [-0.3, -0.25) is 0 Å². The number of benzene rings is 8. The van der Waals surface area contributed by atoms with Gasteiger partial charge in [-0.05, 0) is 72.8 Å². The molecule has 3 aromatic heterocycles. The summed E-state index contributed by atoms with van der Waals surface area (Å²) in [5, 5.41) is 2.45. The topological polar surface area (TPSA) is 91.5 Å². The quantitative estimate of drug-likeness (QED) is 0.144. The van der Waals surface area contributed by atoms with Crippen LogP contribution in [0.5, 0.6) is 11.5 Å². The summed E-state index contributed by atoms with van der Waals surface area (Å²) >= 11 is 0. The van der Waals surface area contributed by atoms with Crippen molar-refractivity contribution in [3.8, 4) is 85.5 Å². The third kappa shape index (κ3) is 7.12. The summed E-state index contributed by atoms with van der Waals surface area (Å²) in [5.41, 5.74) is 8.65. The fraction of sp³-hybridized carbons (Fsp3) is 0. The molecule has 8 heteroatoms. The van der Waals surface area contributed by atoms with E-state index < -0.39 is 0 Å². The first-order valence-corrected chi connectivity index (χ1v) is 20.4. The number of para-hydroxylation sites is 2. The first kappa shape index (κ1) is 36.5. The van der Waals surface area contributed by atoms with Crippen LogP contribution in [0.1, 0.15) is 0 Å². The Morgan fingerprint density at radius 2 is 0.629 bits per heavy atom. The zero-order valence-corrected chi connectivity index (χ0v) is 33.2. The van der Waals surface area contributed by atoms with Gasteiger partial charge in [-0.1, -0.05) is 140 Å². The van der Waals surface area contributed by atoms with Crippen molar-refractivity contribution in [2.24, 2.45) is 0 Å². The molecule has 11 aromatic rings. The molecular weight excluding hydrogens is 763 g/mol. The van der Waals surface area contributed by atoms with Crippen molar-refractivity contribution in [1.29, 1.82) is 0 Å². The molecule has 0 bridgehead atoms. The average molecular weight is 798 g/mol. The molecule has 292 valence electrons. The Morgan fingerprint density at radius 3 is 1.08 bits per heavy atom. The molecule has 11 rings (SSSR count). The smallest absolute Gasteiger partial charge is 0.164 e. The van der Waals surface area contributed by atoms with E-state index in [0.717, 1.165) is 50.1 Å². The van der Waals surface area contributed by atoms with Gasteiger partial charge in [-0.15, -0.1) is 0 Å². The lowest BCUT2D eigenvalue weighted by Gasteiger charge is -2.11. The zero-order chi connectivity index (χ0) is 41.2. The van der Waals surface area contributed by atoms with E-state index in [0.29, 0.717) is 46.4 Å². The molecule has 0 aliphatic carbocycles. The first-order valence-electron chi connectivity index (χ1n) is 20.4. The normalized spacial score (nSPS) is 11.2. The summed E-state index contributed by atoms with van der Waals surface area (Å²) in [6, 6.07) is 71.0. The van der Waals surface area contributed by atoms with Gasteiger partial charge in [0, 0.05) is 49.8 Å². The van der Waals surface area contributed by atoms with E-state index in [1.807, 2.05) is 140 Å². The summed E-state index contributed by atoms with van der Waals surface area (Å²) in [7, 11) is 0. The Kier molecular flexibility index (Phi) is 9.33. The molecule has 8 aromatic carbocycles. The van der Waals surface area contributed by atoms with Crippen LogP contribution in [0.15, 0.2) is 212 Å². The molecule has 8 nitrogen and oxygen atoms in total. The van der Waals surface area contributed by atoms with Gasteiger partial charge in [-0.2, -0.15) is 0 Å². The number of rotatable bonds is 9. The van der Waals surface area contributed by atoms with Crippen LogP contribution in [0.2, 0.25) is 0 Å². The number of fused-ring (bicyclic) bond motifs is 3. The largest absolute Gasteiger partial charge is 0.457 e. The van der Waals surface area contributed by atoms with Gasteiger partial charge < -0.3 is 9.30 Å². The standard InChI is InChI=1S/C54H35N7O/c1-4-15-36(16-5-1)49-56-52(39-27-31-42(32-28-39)61-47-25-12-10-23-45(47)46-24-11-13-26-48(46)61)58-53(57-49)40-29-33-43(34-30-40)62-44-22-14-21-41(35-44)54-59-50(37-17-6-2-7-18-37)55-51(60-54)38-19-8-3-9-20-38/h1-35H. The lowest BCUT2D eigenvalue weighted by molar-refractivity contribution is 0.483. The lowest BCUT2D eigenvalue weighted by atomic mass is 10.1. The second-order valence-electron chi connectivity index (χ2n) is 14.8. The van der Waals surface area contributed by atoms with Gasteiger partial charge >= 0.3 is 0 Å². The fourth-order valence-corrected chi connectivity index (χ4v) is 7.76. The second kappa shape index (κ2) is 15.9. The third-order valence-corrected chi connectivity index (χ3v) is 10.8. The molecule has 0 spiro atoms. The highest BCUT2D eigenvalue weighted by Gasteiger charge is 2.16. The number of hydrogen-bond donors (Lipinski definition) is 0. The van der Waals surface area contributed by atoms with Crippen LogP contribution in [0, 0.1) is 0 Å². The van der Waals surface area contributed by atoms with Crippen LogP contribution < -0.4 is 4.74 Å². The number of aromatic nitrogens is 7. The summed E-state index contributed by atoms with van der Waals surface area (Å²) in [6.45, 7) is 0. The Hall–Kier alpha value is -8.62. The van der Waals surface area contributed by atoms with Gasteiger partial charge in [0.2, 0.25) is 0 Å². The van der Waals surface area contributed by atoms with Crippen molar-refractivity contribution in [3.05, 3.63) is 212 Å². The van der Waals surface area contributed by atoms with E-state index in [2.05, 4.69) is 77.4 Å². The summed E-state index contributed by atoms with van der Waals surface area (Å²) in [5.74, 6) is 4.81. The van der Waals surface area contributed by atoms with Gasteiger partial charge in [0.25, 0.3) is 0 Å². The van der Waals surface area contributed by atoms with E-state index in [4.69, 9.17) is 34.6 Å². The van der Waals surface area contributed by atoms with Crippen molar-refractivity contribution in [1.82, 2.24) is 34.5 Å². The third-order valence-electron chi connectivity index (χ3n) is 10.8. The maximum Gasteiger partial charge on any atom is 0.164 e.